The third kappa shape index (κ3) is 3.35. The molecule has 1 fully saturated rings. The van der Waals surface area contributed by atoms with Gasteiger partial charge in [-0.3, -0.25) is 4.79 Å². The highest BCUT2D eigenvalue weighted by atomic mass is 35.5. The van der Waals surface area contributed by atoms with Crippen LogP contribution in [0.1, 0.15) is 23.2 Å². The molecule has 17 heavy (non-hydrogen) atoms. The number of carbonyl (C=O) groups excluding carboxylic acids is 1. The van der Waals surface area contributed by atoms with Crippen LogP contribution in [0.2, 0.25) is 5.02 Å². The molecule has 0 aromatic heterocycles. The van der Waals surface area contributed by atoms with Crippen LogP contribution in [0.3, 0.4) is 0 Å². The van der Waals surface area contributed by atoms with Crippen LogP contribution in [-0.4, -0.2) is 25.1 Å². The summed E-state index contributed by atoms with van der Waals surface area (Å²) in [5, 5.41) is 3.33. The summed E-state index contributed by atoms with van der Waals surface area (Å²) < 4.78 is 5.33. The van der Waals surface area contributed by atoms with Crippen LogP contribution in [-0.2, 0) is 0 Å². The molecule has 0 aliphatic heterocycles. The lowest BCUT2D eigenvalue weighted by atomic mass is 10.2. The summed E-state index contributed by atoms with van der Waals surface area (Å²) in [4.78, 5) is 11.7. The molecular formula is C12H15ClN2O2. The molecule has 1 aromatic carbocycles. The lowest BCUT2D eigenvalue weighted by Crippen LogP contribution is -2.25. The van der Waals surface area contributed by atoms with Gasteiger partial charge in [-0.1, -0.05) is 11.6 Å². The van der Waals surface area contributed by atoms with Crippen molar-refractivity contribution in [2.45, 2.75) is 18.9 Å². The first kappa shape index (κ1) is 12.2. The average molecular weight is 255 g/mol. The molecule has 1 aliphatic rings. The highest BCUT2D eigenvalue weighted by Gasteiger charge is 2.24. The van der Waals surface area contributed by atoms with Crippen molar-refractivity contribution in [3.05, 3.63) is 28.8 Å². The Kier molecular flexibility index (Phi) is 3.86. The highest BCUT2D eigenvalue weighted by molar-refractivity contribution is 6.32. The van der Waals surface area contributed by atoms with Gasteiger partial charge in [-0.25, -0.2) is 0 Å². The number of rotatable bonds is 5. The molecule has 92 valence electrons. The third-order valence-corrected chi connectivity index (χ3v) is 2.78. The van der Waals surface area contributed by atoms with Crippen molar-refractivity contribution in [1.29, 1.82) is 0 Å². The van der Waals surface area contributed by atoms with E-state index in [1.165, 1.54) is 0 Å². The first-order valence-electron chi connectivity index (χ1n) is 5.64. The van der Waals surface area contributed by atoms with Crippen molar-refractivity contribution in [3.63, 3.8) is 0 Å². The number of nitrogens with one attached hydrogen (secondary N) is 1. The molecule has 1 amide bonds. The van der Waals surface area contributed by atoms with Crippen LogP contribution in [0.5, 0.6) is 5.75 Å². The van der Waals surface area contributed by atoms with E-state index in [-0.39, 0.29) is 5.91 Å². The molecule has 0 unspecified atom stereocenters. The monoisotopic (exact) mass is 254 g/mol. The quantitative estimate of drug-likeness (QED) is 0.838. The first-order chi connectivity index (χ1) is 8.20. The second kappa shape index (κ2) is 5.38. The molecule has 3 N–H and O–H groups in total. The van der Waals surface area contributed by atoms with Crippen molar-refractivity contribution < 1.29 is 9.53 Å². The van der Waals surface area contributed by atoms with Crippen molar-refractivity contribution in [1.82, 2.24) is 5.32 Å². The van der Waals surface area contributed by atoms with Gasteiger partial charge in [0, 0.05) is 18.2 Å². The Bertz CT molecular complexity index is 419. The van der Waals surface area contributed by atoms with Crippen LogP contribution in [0.15, 0.2) is 18.2 Å². The Morgan fingerprint density at radius 1 is 1.53 bits per heavy atom. The predicted octanol–water partition coefficient (Wildman–Crippen LogP) is 1.57. The Hall–Kier alpha value is -1.26. The molecule has 4 nitrogen and oxygen atoms in total. The van der Waals surface area contributed by atoms with Crippen LogP contribution >= 0.6 is 11.6 Å². The van der Waals surface area contributed by atoms with Gasteiger partial charge in [0.05, 0.1) is 5.02 Å². The number of ether oxygens (including phenoxy) is 1. The maximum absolute atomic E-state index is 11.7. The second-order valence-corrected chi connectivity index (χ2v) is 4.44. The molecule has 1 aromatic rings. The number of carbonyl (C=O) groups is 1. The molecule has 0 saturated heterocycles. The van der Waals surface area contributed by atoms with Gasteiger partial charge in [-0.15, -0.1) is 0 Å². The van der Waals surface area contributed by atoms with E-state index < -0.39 is 0 Å². The van der Waals surface area contributed by atoms with E-state index in [4.69, 9.17) is 22.1 Å². The molecule has 1 saturated carbocycles. The number of hydrogen-bond acceptors (Lipinski definition) is 3. The molecule has 0 radical (unpaired) electrons. The number of hydrogen-bond donors (Lipinski definition) is 2. The number of nitrogens with two attached hydrogens (primary N) is 1. The van der Waals surface area contributed by atoms with Crippen LogP contribution in [0, 0.1) is 0 Å². The lowest BCUT2D eigenvalue weighted by molar-refractivity contribution is 0.0951. The lowest BCUT2D eigenvalue weighted by Gasteiger charge is -2.08. The zero-order valence-corrected chi connectivity index (χ0v) is 10.2. The van der Waals surface area contributed by atoms with Crippen LogP contribution < -0.4 is 15.8 Å². The summed E-state index contributed by atoms with van der Waals surface area (Å²) in [6.07, 6.45) is 2.13. The van der Waals surface area contributed by atoms with Gasteiger partial charge in [-0.05, 0) is 31.0 Å². The van der Waals surface area contributed by atoms with E-state index in [9.17, 15) is 4.79 Å². The minimum absolute atomic E-state index is 0.0835. The number of benzene rings is 1. The Balaban J connectivity index is 2.03. The van der Waals surface area contributed by atoms with E-state index in [1.807, 2.05) is 0 Å². The zero-order valence-electron chi connectivity index (χ0n) is 9.41. The highest BCUT2D eigenvalue weighted by Crippen LogP contribution is 2.26. The van der Waals surface area contributed by atoms with E-state index >= 15 is 0 Å². The second-order valence-electron chi connectivity index (χ2n) is 4.03. The van der Waals surface area contributed by atoms with Crippen molar-refractivity contribution in [3.8, 4) is 5.75 Å². The SMILES string of the molecule is NCCOc1ccc(C(=O)NC2CC2)cc1Cl. The molecule has 0 bridgehead atoms. The number of halogens is 1. The van der Waals surface area contributed by atoms with Crippen molar-refractivity contribution in [2.75, 3.05) is 13.2 Å². The van der Waals surface area contributed by atoms with Gasteiger partial charge in [-0.2, -0.15) is 0 Å². The van der Waals surface area contributed by atoms with Gasteiger partial charge in [0.15, 0.2) is 0 Å². The summed E-state index contributed by atoms with van der Waals surface area (Å²) in [6, 6.07) is 5.36. The fraction of sp³-hybridized carbons (Fsp3) is 0.417. The van der Waals surface area contributed by atoms with Gasteiger partial charge < -0.3 is 15.8 Å². The fourth-order valence-electron chi connectivity index (χ4n) is 1.42. The molecule has 5 heteroatoms. The predicted molar refractivity (Wildman–Crippen MR) is 66.5 cm³/mol. The molecule has 0 spiro atoms. The van der Waals surface area contributed by atoms with Crippen LogP contribution in [0.4, 0.5) is 0 Å². The van der Waals surface area contributed by atoms with E-state index in [1.54, 1.807) is 18.2 Å². The summed E-state index contributed by atoms with van der Waals surface area (Å²) in [7, 11) is 0. The minimum Gasteiger partial charge on any atom is -0.491 e. The summed E-state index contributed by atoms with van der Waals surface area (Å²) >= 11 is 6.02. The smallest absolute Gasteiger partial charge is 0.251 e. The topological polar surface area (TPSA) is 64.3 Å². The van der Waals surface area contributed by atoms with Crippen molar-refractivity contribution >= 4 is 17.5 Å². The maximum Gasteiger partial charge on any atom is 0.251 e. The fourth-order valence-corrected chi connectivity index (χ4v) is 1.66. The zero-order chi connectivity index (χ0) is 12.3. The maximum atomic E-state index is 11.7. The van der Waals surface area contributed by atoms with Crippen molar-refractivity contribution in [2.24, 2.45) is 5.73 Å². The Labute approximate surface area is 105 Å². The summed E-state index contributed by atoms with van der Waals surface area (Å²) in [5.41, 5.74) is 5.89. The van der Waals surface area contributed by atoms with E-state index in [2.05, 4.69) is 5.32 Å². The van der Waals surface area contributed by atoms with E-state index in [0.717, 1.165) is 12.8 Å². The Morgan fingerprint density at radius 2 is 2.29 bits per heavy atom. The molecule has 2 rings (SSSR count). The molecule has 0 atom stereocenters. The molecular weight excluding hydrogens is 240 g/mol. The van der Waals surface area contributed by atoms with Gasteiger partial charge in [0.1, 0.15) is 12.4 Å². The Morgan fingerprint density at radius 3 is 2.88 bits per heavy atom. The van der Waals surface area contributed by atoms with E-state index in [0.29, 0.717) is 35.5 Å². The normalized spacial score (nSPS) is 14.5. The third-order valence-electron chi connectivity index (χ3n) is 2.48. The standard InChI is InChI=1S/C12H15ClN2O2/c13-10-7-8(12(16)15-9-2-3-9)1-4-11(10)17-6-5-14/h1,4,7,9H,2-3,5-6,14H2,(H,15,16). The summed E-state index contributed by atoms with van der Waals surface area (Å²) in [6.45, 7) is 0.841. The molecule has 1 aliphatic carbocycles. The van der Waals surface area contributed by atoms with Crippen LogP contribution in [0.25, 0.3) is 0 Å². The summed E-state index contributed by atoms with van der Waals surface area (Å²) in [5.74, 6) is 0.472. The van der Waals surface area contributed by atoms with Gasteiger partial charge in [0.25, 0.3) is 5.91 Å². The average Bonchev–Trinajstić information content (AvgIpc) is 3.11. The largest absolute Gasteiger partial charge is 0.491 e. The van der Waals surface area contributed by atoms with Gasteiger partial charge in [0.2, 0.25) is 0 Å². The number of amides is 1. The minimum atomic E-state index is -0.0835. The van der Waals surface area contributed by atoms with Gasteiger partial charge >= 0.3 is 0 Å². The molecule has 0 heterocycles. The first-order valence-corrected chi connectivity index (χ1v) is 6.02.